The molecule has 0 aliphatic rings. The molecule has 0 spiro atoms. The minimum absolute atomic E-state index is 0.178. The maximum atomic E-state index is 12.6. The Morgan fingerprint density at radius 3 is 2.28 bits per heavy atom. The van der Waals surface area contributed by atoms with Gasteiger partial charge in [0.15, 0.2) is 5.13 Å². The molecule has 0 radical (unpaired) electrons. The lowest BCUT2D eigenvalue weighted by atomic mass is 10.0. The van der Waals surface area contributed by atoms with Crippen molar-refractivity contribution >= 4 is 22.4 Å². The van der Waals surface area contributed by atoms with Crippen LogP contribution in [-0.4, -0.2) is 17.5 Å². The number of thiazole rings is 1. The number of carbonyl (C=O) groups is 1. The number of carbonyl (C=O) groups excluding carboxylic acids is 1. The van der Waals surface area contributed by atoms with Crippen LogP contribution in [0, 0.1) is 0 Å². The number of aromatic nitrogens is 1. The number of amides is 1. The van der Waals surface area contributed by atoms with Gasteiger partial charge in [-0.05, 0) is 41.8 Å². The third-order valence-electron chi connectivity index (χ3n) is 5.15. The van der Waals surface area contributed by atoms with Crippen LogP contribution in [0.1, 0.15) is 36.5 Å². The van der Waals surface area contributed by atoms with E-state index in [2.05, 4.69) is 53.6 Å². The zero-order chi connectivity index (χ0) is 22.2. The second-order valence-corrected chi connectivity index (χ2v) is 8.37. The number of nitrogens with zero attached hydrogens (tertiary/aromatic N) is 1. The summed E-state index contributed by atoms with van der Waals surface area (Å²) in [6, 6.07) is 25.8. The van der Waals surface area contributed by atoms with Crippen LogP contribution in [0.2, 0.25) is 0 Å². The van der Waals surface area contributed by atoms with E-state index in [-0.39, 0.29) is 5.91 Å². The van der Waals surface area contributed by atoms with Crippen LogP contribution < -0.4 is 10.1 Å². The van der Waals surface area contributed by atoms with E-state index in [9.17, 15) is 4.79 Å². The van der Waals surface area contributed by atoms with Crippen LogP contribution in [0.5, 0.6) is 5.75 Å². The molecule has 1 aromatic heterocycles. The summed E-state index contributed by atoms with van der Waals surface area (Å²) in [6.07, 6.45) is 3.37. The molecule has 0 fully saturated rings. The quantitative estimate of drug-likeness (QED) is 0.277. The summed E-state index contributed by atoms with van der Waals surface area (Å²) in [7, 11) is 0. The first-order valence-corrected chi connectivity index (χ1v) is 11.8. The molecule has 4 nitrogen and oxygen atoms in total. The Morgan fingerprint density at radius 1 is 0.875 bits per heavy atom. The van der Waals surface area contributed by atoms with Crippen LogP contribution in [0.4, 0.5) is 5.13 Å². The number of benzene rings is 3. The molecule has 0 saturated heterocycles. The Bertz CT molecular complexity index is 1140. The van der Waals surface area contributed by atoms with Gasteiger partial charge in [-0.3, -0.25) is 10.1 Å². The van der Waals surface area contributed by atoms with Crippen molar-refractivity contribution in [2.24, 2.45) is 0 Å². The minimum atomic E-state index is -0.178. The number of hydrogen-bond acceptors (Lipinski definition) is 4. The van der Waals surface area contributed by atoms with Crippen LogP contribution >= 0.6 is 11.3 Å². The van der Waals surface area contributed by atoms with E-state index in [4.69, 9.17) is 4.74 Å². The van der Waals surface area contributed by atoms with Gasteiger partial charge in [-0.25, -0.2) is 4.98 Å². The van der Waals surface area contributed by atoms with Gasteiger partial charge in [0, 0.05) is 16.5 Å². The van der Waals surface area contributed by atoms with Crippen molar-refractivity contribution in [2.45, 2.75) is 26.2 Å². The first-order valence-electron chi connectivity index (χ1n) is 10.9. The lowest BCUT2D eigenvalue weighted by Crippen LogP contribution is -2.11. The number of unbranched alkanes of at least 4 members (excludes halogenated alkanes) is 2. The molecular formula is C27H26N2O2S. The monoisotopic (exact) mass is 442 g/mol. The molecule has 1 amide bonds. The largest absolute Gasteiger partial charge is 0.494 e. The second-order valence-electron chi connectivity index (χ2n) is 7.52. The number of ether oxygens (including phenoxy) is 1. The van der Waals surface area contributed by atoms with Crippen molar-refractivity contribution in [3.63, 3.8) is 0 Å². The van der Waals surface area contributed by atoms with E-state index in [1.807, 2.05) is 35.7 Å². The van der Waals surface area contributed by atoms with Gasteiger partial charge in [0.1, 0.15) is 5.75 Å². The van der Waals surface area contributed by atoms with E-state index in [1.54, 1.807) is 12.1 Å². The van der Waals surface area contributed by atoms with Crippen molar-refractivity contribution in [3.05, 3.63) is 89.8 Å². The fraction of sp³-hybridized carbons (Fsp3) is 0.185. The maximum absolute atomic E-state index is 12.6. The molecule has 5 heteroatoms. The van der Waals surface area contributed by atoms with Gasteiger partial charge in [0.2, 0.25) is 0 Å². The lowest BCUT2D eigenvalue weighted by molar-refractivity contribution is 0.102. The van der Waals surface area contributed by atoms with Gasteiger partial charge in [-0.2, -0.15) is 0 Å². The molecule has 0 atom stereocenters. The summed E-state index contributed by atoms with van der Waals surface area (Å²) in [5.74, 6) is 0.607. The van der Waals surface area contributed by atoms with Crippen molar-refractivity contribution in [1.82, 2.24) is 4.98 Å². The average molecular weight is 443 g/mol. The molecular weight excluding hydrogens is 416 g/mol. The molecule has 4 aromatic rings. The highest BCUT2D eigenvalue weighted by molar-refractivity contribution is 7.14. The summed E-state index contributed by atoms with van der Waals surface area (Å²) in [6.45, 7) is 2.87. The molecule has 0 saturated carbocycles. The topological polar surface area (TPSA) is 51.2 Å². The van der Waals surface area contributed by atoms with Crippen LogP contribution in [0.15, 0.2) is 84.2 Å². The average Bonchev–Trinajstić information content (AvgIpc) is 3.31. The van der Waals surface area contributed by atoms with Crippen LogP contribution in [0.25, 0.3) is 22.4 Å². The van der Waals surface area contributed by atoms with E-state index in [0.29, 0.717) is 17.3 Å². The van der Waals surface area contributed by atoms with Crippen molar-refractivity contribution in [3.8, 4) is 28.1 Å². The van der Waals surface area contributed by atoms with E-state index < -0.39 is 0 Å². The molecule has 3 aromatic carbocycles. The highest BCUT2D eigenvalue weighted by Crippen LogP contribution is 2.28. The standard InChI is InChI=1S/C27H26N2O2S/c1-2-3-7-18-31-24-16-14-23(15-17-24)26(30)29-27-28-25(19-32-27)22-12-10-21(11-13-22)20-8-5-4-6-9-20/h4-6,8-17,19H,2-3,7,18H2,1H3,(H,28,29,30). The predicted octanol–water partition coefficient (Wildman–Crippen LogP) is 7.30. The Kier molecular flexibility index (Phi) is 7.31. The van der Waals surface area contributed by atoms with E-state index >= 15 is 0 Å². The Hall–Kier alpha value is -3.44. The van der Waals surface area contributed by atoms with Crippen molar-refractivity contribution < 1.29 is 9.53 Å². The third-order valence-corrected chi connectivity index (χ3v) is 5.90. The van der Waals surface area contributed by atoms with Gasteiger partial charge < -0.3 is 4.74 Å². The van der Waals surface area contributed by atoms with Gasteiger partial charge in [-0.15, -0.1) is 11.3 Å². The highest BCUT2D eigenvalue weighted by atomic mass is 32.1. The molecule has 0 bridgehead atoms. The first-order chi connectivity index (χ1) is 15.7. The second kappa shape index (κ2) is 10.7. The van der Waals surface area contributed by atoms with Crippen molar-refractivity contribution in [1.29, 1.82) is 0 Å². The molecule has 32 heavy (non-hydrogen) atoms. The lowest BCUT2D eigenvalue weighted by Gasteiger charge is -2.07. The van der Waals surface area contributed by atoms with E-state index in [1.165, 1.54) is 23.3 Å². The zero-order valence-corrected chi connectivity index (χ0v) is 18.9. The summed E-state index contributed by atoms with van der Waals surface area (Å²) in [5, 5.41) is 5.43. The molecule has 4 rings (SSSR count). The van der Waals surface area contributed by atoms with Crippen LogP contribution in [0.3, 0.4) is 0 Å². The summed E-state index contributed by atoms with van der Waals surface area (Å²) >= 11 is 1.42. The Balaban J connectivity index is 1.36. The van der Waals surface area contributed by atoms with Gasteiger partial charge in [-0.1, -0.05) is 74.4 Å². The summed E-state index contributed by atoms with van der Waals surface area (Å²) in [5.41, 5.74) is 4.79. The maximum Gasteiger partial charge on any atom is 0.257 e. The fourth-order valence-electron chi connectivity index (χ4n) is 3.34. The van der Waals surface area contributed by atoms with Crippen molar-refractivity contribution in [2.75, 3.05) is 11.9 Å². The molecule has 1 N–H and O–H groups in total. The Morgan fingerprint density at radius 2 is 1.56 bits per heavy atom. The highest BCUT2D eigenvalue weighted by Gasteiger charge is 2.11. The van der Waals surface area contributed by atoms with Gasteiger partial charge >= 0.3 is 0 Å². The summed E-state index contributed by atoms with van der Waals surface area (Å²) < 4.78 is 5.71. The normalized spacial score (nSPS) is 10.7. The smallest absolute Gasteiger partial charge is 0.257 e. The van der Waals surface area contributed by atoms with E-state index in [0.717, 1.165) is 35.4 Å². The predicted molar refractivity (Wildman–Crippen MR) is 132 cm³/mol. The number of hydrogen-bond donors (Lipinski definition) is 1. The third kappa shape index (κ3) is 5.62. The first kappa shape index (κ1) is 21.8. The molecule has 0 aliphatic carbocycles. The molecule has 0 unspecified atom stereocenters. The number of nitrogens with one attached hydrogen (secondary N) is 1. The van der Waals surface area contributed by atoms with Crippen LogP contribution in [-0.2, 0) is 0 Å². The zero-order valence-electron chi connectivity index (χ0n) is 18.1. The molecule has 1 heterocycles. The molecule has 162 valence electrons. The summed E-state index contributed by atoms with van der Waals surface area (Å²) in [4.78, 5) is 17.2. The van der Waals surface area contributed by atoms with Gasteiger partial charge in [0.05, 0.1) is 12.3 Å². The number of rotatable bonds is 9. The Labute approximate surface area is 192 Å². The molecule has 0 aliphatic heterocycles. The van der Waals surface area contributed by atoms with Gasteiger partial charge in [0.25, 0.3) is 5.91 Å². The fourth-order valence-corrected chi connectivity index (χ4v) is 4.06. The number of anilines is 1. The SMILES string of the molecule is CCCCCOc1ccc(C(=O)Nc2nc(-c3ccc(-c4ccccc4)cc3)cs2)cc1. The minimum Gasteiger partial charge on any atom is -0.494 e.